The molecule has 64 valence electrons. The maximum Gasteiger partial charge on any atom is 0.0609 e. The van der Waals surface area contributed by atoms with Gasteiger partial charge in [0.1, 0.15) is 0 Å². The summed E-state index contributed by atoms with van der Waals surface area (Å²) in [6.45, 7) is 0. The lowest BCUT2D eigenvalue weighted by molar-refractivity contribution is 1.42. The first-order valence-electron chi connectivity index (χ1n) is 3.27. The zero-order valence-electron chi connectivity index (χ0n) is 6.49. The van der Waals surface area contributed by atoms with Gasteiger partial charge in [-0.25, -0.2) is 0 Å². The second-order valence-corrected chi connectivity index (χ2v) is 2.12. The maximum atomic E-state index is 8.16. The first-order valence-corrected chi connectivity index (χ1v) is 3.27. The summed E-state index contributed by atoms with van der Waals surface area (Å²) < 4.78 is 0. The van der Waals surface area contributed by atoms with E-state index in [4.69, 9.17) is 16.8 Å². The first-order chi connectivity index (χ1) is 6.27. The third kappa shape index (κ3) is 2.03. The van der Waals surface area contributed by atoms with E-state index in [1.807, 2.05) is 0 Å². The zero-order valence-corrected chi connectivity index (χ0v) is 6.49. The van der Waals surface area contributed by atoms with E-state index in [-0.39, 0.29) is 5.69 Å². The molecule has 13 heavy (non-hydrogen) atoms. The van der Waals surface area contributed by atoms with Crippen molar-refractivity contribution in [3.05, 3.63) is 39.1 Å². The Morgan fingerprint density at radius 3 is 2.46 bits per heavy atom. The zero-order chi connectivity index (χ0) is 9.68. The van der Waals surface area contributed by atoms with Crippen LogP contribution in [0.1, 0.15) is 0 Å². The van der Waals surface area contributed by atoms with Gasteiger partial charge in [0.15, 0.2) is 0 Å². The molecule has 0 aromatic heterocycles. The predicted molar refractivity (Wildman–Crippen MR) is 48.5 cm³/mol. The maximum absolute atomic E-state index is 8.16. The van der Waals surface area contributed by atoms with Gasteiger partial charge in [-0.05, 0) is 23.2 Å². The van der Waals surface area contributed by atoms with Crippen molar-refractivity contribution in [2.24, 2.45) is 10.2 Å². The molecule has 0 unspecified atom stereocenters. The van der Waals surface area contributed by atoms with E-state index < -0.39 is 0 Å². The van der Waals surface area contributed by atoms with Gasteiger partial charge < -0.3 is 5.73 Å². The van der Waals surface area contributed by atoms with Crippen LogP contribution < -0.4 is 5.73 Å². The average molecular weight is 175 g/mol. The molecule has 0 atom stereocenters. The molecule has 1 rings (SSSR count). The highest BCUT2D eigenvalue weighted by Gasteiger charge is 1.96. The molecule has 0 saturated carbocycles. The molecule has 7 heteroatoms. The Kier molecular flexibility index (Phi) is 2.60. The van der Waals surface area contributed by atoms with Gasteiger partial charge in [-0.15, -0.1) is 0 Å². The van der Waals surface area contributed by atoms with Crippen molar-refractivity contribution in [3.8, 4) is 0 Å². The SMILES string of the molecule is [N-]=[N+]=Nc1ccc(N)c(N=[N+]=[N-])c1. The van der Waals surface area contributed by atoms with E-state index in [9.17, 15) is 0 Å². The largest absolute Gasteiger partial charge is 0.398 e. The fourth-order valence-electron chi connectivity index (χ4n) is 0.781. The van der Waals surface area contributed by atoms with Gasteiger partial charge in [0, 0.05) is 21.2 Å². The molecule has 2 N–H and O–H groups in total. The summed E-state index contributed by atoms with van der Waals surface area (Å²) in [6, 6.07) is 4.45. The Morgan fingerprint density at radius 1 is 1.15 bits per heavy atom. The highest BCUT2D eigenvalue weighted by Crippen LogP contribution is 2.27. The van der Waals surface area contributed by atoms with Crippen LogP contribution in [-0.4, -0.2) is 0 Å². The number of nitrogens with zero attached hydrogens (tertiary/aromatic N) is 6. The van der Waals surface area contributed by atoms with E-state index in [0.717, 1.165) is 0 Å². The standard InChI is InChI=1S/C6H5N7/c7-5-2-1-4(10-12-8)3-6(5)11-13-9/h1-3H,7H2. The molecule has 1 aromatic rings. The average Bonchev–Trinajstić information content (AvgIpc) is 2.12. The Morgan fingerprint density at radius 2 is 1.85 bits per heavy atom. The molecule has 7 nitrogen and oxygen atoms in total. The molecule has 0 radical (unpaired) electrons. The molecule has 0 fully saturated rings. The molecule has 0 aliphatic rings. The Balaban J connectivity index is 3.25. The summed E-state index contributed by atoms with van der Waals surface area (Å²) in [5.41, 5.74) is 22.7. The molecule has 0 spiro atoms. The molecular formula is C6H5N7. The fraction of sp³-hybridized carbons (Fsp3) is 0. The van der Waals surface area contributed by atoms with Crippen molar-refractivity contribution in [3.63, 3.8) is 0 Å². The highest BCUT2D eigenvalue weighted by molar-refractivity contribution is 5.67. The van der Waals surface area contributed by atoms with Crippen LogP contribution in [0.5, 0.6) is 0 Å². The van der Waals surface area contributed by atoms with Gasteiger partial charge >= 0.3 is 0 Å². The normalized spacial score (nSPS) is 8.31. The second kappa shape index (κ2) is 3.87. The number of rotatable bonds is 2. The summed E-state index contributed by atoms with van der Waals surface area (Å²) in [6.07, 6.45) is 0. The van der Waals surface area contributed by atoms with Crippen molar-refractivity contribution in [2.45, 2.75) is 0 Å². The van der Waals surface area contributed by atoms with Gasteiger partial charge in [0.25, 0.3) is 0 Å². The number of anilines is 1. The molecule has 1 aromatic carbocycles. The van der Waals surface area contributed by atoms with Gasteiger partial charge in [0.05, 0.1) is 5.69 Å². The monoisotopic (exact) mass is 175 g/mol. The van der Waals surface area contributed by atoms with Crippen LogP contribution in [-0.2, 0) is 0 Å². The highest BCUT2D eigenvalue weighted by atomic mass is 15.1. The molecule has 0 heterocycles. The van der Waals surface area contributed by atoms with Crippen molar-refractivity contribution < 1.29 is 0 Å². The first kappa shape index (κ1) is 8.73. The minimum atomic E-state index is 0.257. The molecule has 0 aliphatic heterocycles. The van der Waals surface area contributed by atoms with Crippen LogP contribution in [0.4, 0.5) is 17.1 Å². The van der Waals surface area contributed by atoms with E-state index in [2.05, 4.69) is 20.1 Å². The van der Waals surface area contributed by atoms with Crippen molar-refractivity contribution >= 4 is 17.1 Å². The van der Waals surface area contributed by atoms with Gasteiger partial charge in [-0.3, -0.25) is 0 Å². The molecule has 0 amide bonds. The predicted octanol–water partition coefficient (Wildman–Crippen LogP) is 3.15. The van der Waals surface area contributed by atoms with E-state index in [1.165, 1.54) is 18.2 Å². The quantitative estimate of drug-likeness (QED) is 0.315. The molecule has 0 saturated heterocycles. The number of hydrogen-bond donors (Lipinski definition) is 1. The second-order valence-electron chi connectivity index (χ2n) is 2.12. The van der Waals surface area contributed by atoms with Crippen LogP contribution in [0.15, 0.2) is 28.4 Å². The number of nitrogens with two attached hydrogens (primary N) is 1. The molecule has 0 aliphatic carbocycles. The number of benzene rings is 1. The van der Waals surface area contributed by atoms with Crippen LogP contribution in [0, 0.1) is 0 Å². The fourth-order valence-corrected chi connectivity index (χ4v) is 0.781. The van der Waals surface area contributed by atoms with Gasteiger partial charge in [-0.2, -0.15) is 0 Å². The third-order valence-electron chi connectivity index (χ3n) is 1.33. The Hall–Kier alpha value is -2.36. The van der Waals surface area contributed by atoms with Crippen LogP contribution in [0.2, 0.25) is 0 Å². The molecule has 0 bridgehead atoms. The van der Waals surface area contributed by atoms with E-state index >= 15 is 0 Å². The summed E-state index contributed by atoms with van der Waals surface area (Å²) in [4.78, 5) is 5.16. The van der Waals surface area contributed by atoms with E-state index in [0.29, 0.717) is 11.4 Å². The lowest BCUT2D eigenvalue weighted by Crippen LogP contribution is -1.83. The van der Waals surface area contributed by atoms with Crippen molar-refractivity contribution in [1.82, 2.24) is 0 Å². The summed E-state index contributed by atoms with van der Waals surface area (Å²) in [5, 5.41) is 6.65. The van der Waals surface area contributed by atoms with Crippen LogP contribution in [0.3, 0.4) is 0 Å². The third-order valence-corrected chi connectivity index (χ3v) is 1.33. The number of azide groups is 2. The summed E-state index contributed by atoms with van der Waals surface area (Å²) in [7, 11) is 0. The van der Waals surface area contributed by atoms with Gasteiger partial charge in [0.2, 0.25) is 0 Å². The topological polar surface area (TPSA) is 124 Å². The van der Waals surface area contributed by atoms with E-state index in [1.54, 1.807) is 0 Å². The lowest BCUT2D eigenvalue weighted by Gasteiger charge is -1.98. The van der Waals surface area contributed by atoms with Crippen molar-refractivity contribution in [2.75, 3.05) is 5.73 Å². The van der Waals surface area contributed by atoms with Gasteiger partial charge in [-0.1, -0.05) is 16.3 Å². The smallest absolute Gasteiger partial charge is 0.0609 e. The molecular weight excluding hydrogens is 170 g/mol. The Labute approximate surface area is 73.0 Å². The number of hydrogen-bond acceptors (Lipinski definition) is 3. The van der Waals surface area contributed by atoms with Crippen LogP contribution in [0.25, 0.3) is 20.9 Å². The lowest BCUT2D eigenvalue weighted by atomic mass is 10.2. The summed E-state index contributed by atoms with van der Waals surface area (Å²) >= 11 is 0. The minimum absolute atomic E-state index is 0.257. The summed E-state index contributed by atoms with van der Waals surface area (Å²) in [5.74, 6) is 0. The van der Waals surface area contributed by atoms with Crippen molar-refractivity contribution in [1.29, 1.82) is 0 Å². The minimum Gasteiger partial charge on any atom is -0.398 e. The number of nitrogen functional groups attached to an aromatic ring is 1. The van der Waals surface area contributed by atoms with Crippen LogP contribution >= 0.6 is 0 Å². The Bertz CT molecular complexity index is 411.